The van der Waals surface area contributed by atoms with Gasteiger partial charge >= 0.3 is 0 Å². The Morgan fingerprint density at radius 2 is 1.86 bits per heavy atom. The average Bonchev–Trinajstić information content (AvgIpc) is 2.96. The molecule has 1 amide bonds. The lowest BCUT2D eigenvalue weighted by atomic mass is 10.1. The summed E-state index contributed by atoms with van der Waals surface area (Å²) in [6.45, 7) is 9.94. The maximum absolute atomic E-state index is 12.4. The fourth-order valence-electron chi connectivity index (χ4n) is 3.66. The van der Waals surface area contributed by atoms with Gasteiger partial charge in [0, 0.05) is 25.2 Å². The monoisotopic (exact) mass is 393 g/mol. The van der Waals surface area contributed by atoms with E-state index >= 15 is 0 Å². The van der Waals surface area contributed by atoms with Crippen molar-refractivity contribution in [2.45, 2.75) is 53.6 Å². The molecule has 0 aliphatic rings. The Bertz CT molecular complexity index is 1000. The van der Waals surface area contributed by atoms with Gasteiger partial charge in [-0.3, -0.25) is 9.48 Å². The van der Waals surface area contributed by atoms with Crippen LogP contribution in [0.15, 0.2) is 36.4 Å². The largest absolute Gasteiger partial charge is 0.497 e. The van der Waals surface area contributed by atoms with Crippen LogP contribution in [0.3, 0.4) is 0 Å². The number of nitrogens with zero attached hydrogens (tertiary/aromatic N) is 2. The molecule has 0 atom stereocenters. The molecule has 0 bridgehead atoms. The standard InChI is InChI=1S/C24H31N3O2/c1-16(2)15-27-18(4)23(17(3)26-27)10-11-24(28)25-14-19-6-7-21-13-22(29-5)9-8-20(21)12-19/h6-9,12-13,16H,10-11,14-15H2,1-5H3,(H,25,28). The number of carbonyl (C=O) groups excluding carboxylic acids is 1. The third kappa shape index (κ3) is 5.17. The number of nitrogens with one attached hydrogen (secondary N) is 1. The van der Waals surface area contributed by atoms with Crippen molar-refractivity contribution in [1.82, 2.24) is 15.1 Å². The van der Waals surface area contributed by atoms with Gasteiger partial charge in [-0.2, -0.15) is 5.10 Å². The van der Waals surface area contributed by atoms with Gasteiger partial charge in [0.05, 0.1) is 12.8 Å². The zero-order valence-electron chi connectivity index (χ0n) is 18.1. The van der Waals surface area contributed by atoms with Crippen LogP contribution in [0.25, 0.3) is 10.8 Å². The second-order valence-electron chi connectivity index (χ2n) is 8.05. The van der Waals surface area contributed by atoms with Gasteiger partial charge in [0.2, 0.25) is 5.91 Å². The number of rotatable bonds is 8. The molecule has 0 saturated heterocycles. The zero-order valence-corrected chi connectivity index (χ0v) is 18.1. The predicted octanol–water partition coefficient (Wildman–Crippen LogP) is 4.57. The lowest BCUT2D eigenvalue weighted by molar-refractivity contribution is -0.121. The molecule has 5 heteroatoms. The van der Waals surface area contributed by atoms with E-state index in [-0.39, 0.29) is 5.91 Å². The summed E-state index contributed by atoms with van der Waals surface area (Å²) in [6, 6.07) is 12.2. The highest BCUT2D eigenvalue weighted by Gasteiger charge is 2.13. The Morgan fingerprint density at radius 3 is 2.59 bits per heavy atom. The Kier molecular flexibility index (Phi) is 6.57. The second-order valence-corrected chi connectivity index (χ2v) is 8.05. The van der Waals surface area contributed by atoms with Crippen molar-refractivity contribution >= 4 is 16.7 Å². The van der Waals surface area contributed by atoms with E-state index in [1.165, 1.54) is 11.3 Å². The Labute approximate surface area is 173 Å². The first-order valence-electron chi connectivity index (χ1n) is 10.2. The molecule has 154 valence electrons. The number of amides is 1. The fourth-order valence-corrected chi connectivity index (χ4v) is 3.66. The summed E-state index contributed by atoms with van der Waals surface area (Å²) < 4.78 is 7.34. The molecule has 1 aromatic heterocycles. The molecular weight excluding hydrogens is 362 g/mol. The highest BCUT2D eigenvalue weighted by molar-refractivity contribution is 5.84. The third-order valence-corrected chi connectivity index (χ3v) is 5.27. The van der Waals surface area contributed by atoms with Crippen molar-refractivity contribution in [1.29, 1.82) is 0 Å². The van der Waals surface area contributed by atoms with E-state index in [0.29, 0.717) is 18.9 Å². The van der Waals surface area contributed by atoms with Crippen molar-refractivity contribution < 1.29 is 9.53 Å². The van der Waals surface area contributed by atoms with Crippen molar-refractivity contribution in [3.63, 3.8) is 0 Å². The highest BCUT2D eigenvalue weighted by Crippen LogP contribution is 2.22. The number of aromatic nitrogens is 2. The summed E-state index contributed by atoms with van der Waals surface area (Å²) in [5, 5.41) is 9.95. The van der Waals surface area contributed by atoms with Gasteiger partial charge in [0.1, 0.15) is 5.75 Å². The van der Waals surface area contributed by atoms with Crippen LogP contribution in [0.5, 0.6) is 5.75 Å². The van der Waals surface area contributed by atoms with Gasteiger partial charge in [-0.15, -0.1) is 0 Å². The molecule has 2 aromatic carbocycles. The molecule has 0 unspecified atom stereocenters. The summed E-state index contributed by atoms with van der Waals surface area (Å²) >= 11 is 0. The molecule has 0 aliphatic carbocycles. The Morgan fingerprint density at radius 1 is 1.14 bits per heavy atom. The van der Waals surface area contributed by atoms with E-state index in [9.17, 15) is 4.79 Å². The van der Waals surface area contributed by atoms with Crippen LogP contribution in [-0.2, 0) is 24.3 Å². The number of fused-ring (bicyclic) bond motifs is 1. The predicted molar refractivity (Wildman–Crippen MR) is 117 cm³/mol. The minimum atomic E-state index is 0.0650. The van der Waals surface area contributed by atoms with Crippen LogP contribution < -0.4 is 10.1 Å². The quantitative estimate of drug-likeness (QED) is 0.610. The topological polar surface area (TPSA) is 56.1 Å². The van der Waals surface area contributed by atoms with Gasteiger partial charge in [0.25, 0.3) is 0 Å². The average molecular weight is 394 g/mol. The maximum Gasteiger partial charge on any atom is 0.220 e. The number of carbonyl (C=O) groups is 1. The van der Waals surface area contributed by atoms with Crippen molar-refractivity contribution in [3.8, 4) is 5.75 Å². The van der Waals surface area contributed by atoms with Gasteiger partial charge in [0.15, 0.2) is 0 Å². The second kappa shape index (κ2) is 9.12. The zero-order chi connectivity index (χ0) is 21.0. The summed E-state index contributed by atoms with van der Waals surface area (Å²) in [5.41, 5.74) is 4.49. The Balaban J connectivity index is 1.56. The van der Waals surface area contributed by atoms with Crippen LogP contribution in [0.1, 0.15) is 42.8 Å². The number of ether oxygens (including phenoxy) is 1. The van der Waals surface area contributed by atoms with Crippen LogP contribution >= 0.6 is 0 Å². The SMILES string of the molecule is COc1ccc2cc(CNC(=O)CCc3c(C)nn(CC(C)C)c3C)ccc2c1. The van der Waals surface area contributed by atoms with Gasteiger partial charge in [-0.25, -0.2) is 0 Å². The first-order chi connectivity index (χ1) is 13.9. The molecule has 0 fully saturated rings. The van der Waals surface area contributed by atoms with Gasteiger partial charge in [-0.1, -0.05) is 32.0 Å². The minimum Gasteiger partial charge on any atom is -0.497 e. The van der Waals surface area contributed by atoms with E-state index < -0.39 is 0 Å². The summed E-state index contributed by atoms with van der Waals surface area (Å²) in [6.07, 6.45) is 1.19. The molecule has 0 saturated carbocycles. The van der Waals surface area contributed by atoms with Crippen molar-refractivity contribution in [2.24, 2.45) is 5.92 Å². The summed E-state index contributed by atoms with van der Waals surface area (Å²) in [7, 11) is 1.67. The molecule has 29 heavy (non-hydrogen) atoms. The lowest BCUT2D eigenvalue weighted by Crippen LogP contribution is -2.23. The van der Waals surface area contributed by atoms with E-state index in [4.69, 9.17) is 4.74 Å². The number of methoxy groups -OCH3 is 1. The number of hydrogen-bond acceptors (Lipinski definition) is 3. The van der Waals surface area contributed by atoms with Crippen LogP contribution in [0.2, 0.25) is 0 Å². The molecular formula is C24H31N3O2. The third-order valence-electron chi connectivity index (χ3n) is 5.27. The molecule has 3 aromatic rings. The minimum absolute atomic E-state index is 0.0650. The van der Waals surface area contributed by atoms with E-state index in [1.807, 2.05) is 31.2 Å². The first kappa shape index (κ1) is 20.9. The van der Waals surface area contributed by atoms with Gasteiger partial charge in [-0.05, 0) is 66.3 Å². The molecule has 1 N–H and O–H groups in total. The summed E-state index contributed by atoms with van der Waals surface area (Å²) in [5.74, 6) is 1.46. The van der Waals surface area contributed by atoms with Crippen LogP contribution in [0, 0.1) is 19.8 Å². The highest BCUT2D eigenvalue weighted by atomic mass is 16.5. The molecule has 0 radical (unpaired) electrons. The number of benzene rings is 2. The molecule has 0 aliphatic heterocycles. The molecule has 5 nitrogen and oxygen atoms in total. The number of aryl methyl sites for hydroxylation is 1. The lowest BCUT2D eigenvalue weighted by Gasteiger charge is -2.09. The molecule has 3 rings (SSSR count). The summed E-state index contributed by atoms with van der Waals surface area (Å²) in [4.78, 5) is 12.4. The molecule has 1 heterocycles. The van der Waals surface area contributed by atoms with Crippen molar-refractivity contribution in [2.75, 3.05) is 7.11 Å². The molecule has 0 spiro atoms. The van der Waals surface area contributed by atoms with Crippen LogP contribution in [0.4, 0.5) is 0 Å². The fraction of sp³-hybridized carbons (Fsp3) is 0.417. The van der Waals surface area contributed by atoms with Crippen molar-refractivity contribution in [3.05, 3.63) is 58.9 Å². The normalized spacial score (nSPS) is 11.2. The van der Waals surface area contributed by atoms with Gasteiger partial charge < -0.3 is 10.1 Å². The smallest absolute Gasteiger partial charge is 0.220 e. The van der Waals surface area contributed by atoms with Crippen LogP contribution in [-0.4, -0.2) is 22.8 Å². The maximum atomic E-state index is 12.4. The van der Waals surface area contributed by atoms with E-state index in [1.54, 1.807) is 7.11 Å². The number of hydrogen-bond donors (Lipinski definition) is 1. The first-order valence-corrected chi connectivity index (χ1v) is 10.2. The Hall–Kier alpha value is -2.82. The van der Waals surface area contributed by atoms with E-state index in [0.717, 1.165) is 40.7 Å². The van der Waals surface area contributed by atoms with E-state index in [2.05, 4.69) is 48.0 Å².